The normalized spacial score (nSPS) is 16.9. The lowest BCUT2D eigenvalue weighted by atomic mass is 9.90. The highest BCUT2D eigenvalue weighted by atomic mass is 15.1. The summed E-state index contributed by atoms with van der Waals surface area (Å²) in [5.74, 6) is 0. The van der Waals surface area contributed by atoms with Crippen LogP contribution in [0.1, 0.15) is 47.9 Å². The number of rotatable bonds is 1. The Bertz CT molecular complexity index is 933. The molecule has 2 aliphatic rings. The van der Waals surface area contributed by atoms with Crippen LogP contribution in [0.3, 0.4) is 0 Å². The van der Waals surface area contributed by atoms with Gasteiger partial charge in [-0.2, -0.15) is 4.57 Å². The van der Waals surface area contributed by atoms with Crippen molar-refractivity contribution in [3.8, 4) is 5.69 Å². The molecule has 0 unspecified atom stereocenters. The Balaban J connectivity index is 1.75. The van der Waals surface area contributed by atoms with Gasteiger partial charge >= 0.3 is 0 Å². The Morgan fingerprint density at radius 3 is 2.38 bits per heavy atom. The maximum absolute atomic E-state index is 2.44. The molecule has 0 saturated heterocycles. The number of aromatic nitrogens is 2. The minimum absolute atomic E-state index is 1.22. The van der Waals surface area contributed by atoms with Gasteiger partial charge in [0.05, 0.1) is 7.05 Å². The van der Waals surface area contributed by atoms with Crippen LogP contribution in [0.2, 0.25) is 0 Å². The molecule has 0 N–H and O–H groups in total. The molecule has 122 valence electrons. The third-order valence-corrected chi connectivity index (χ3v) is 6.00. The van der Waals surface area contributed by atoms with Crippen molar-refractivity contribution in [1.82, 2.24) is 4.57 Å². The minimum atomic E-state index is 1.22. The second kappa shape index (κ2) is 5.47. The SMILES string of the molecule is C[n+]1cn(-c2ccc3c(c2)CCCC3)c2c3c(ccc21)CCCC3. The number of hydrogen-bond donors (Lipinski definition) is 0. The van der Waals surface area contributed by atoms with E-state index in [0.29, 0.717) is 0 Å². The van der Waals surface area contributed by atoms with Crippen molar-refractivity contribution >= 4 is 11.0 Å². The molecule has 0 bridgehead atoms. The van der Waals surface area contributed by atoms with E-state index >= 15 is 0 Å². The molecule has 2 nitrogen and oxygen atoms in total. The van der Waals surface area contributed by atoms with E-state index in [-0.39, 0.29) is 0 Å². The van der Waals surface area contributed by atoms with Crippen LogP contribution in [-0.4, -0.2) is 4.57 Å². The lowest BCUT2D eigenvalue weighted by molar-refractivity contribution is -0.645. The highest BCUT2D eigenvalue weighted by molar-refractivity contribution is 5.80. The van der Waals surface area contributed by atoms with E-state index < -0.39 is 0 Å². The van der Waals surface area contributed by atoms with Crippen LogP contribution >= 0.6 is 0 Å². The maximum atomic E-state index is 2.44. The van der Waals surface area contributed by atoms with Crippen LogP contribution in [0.4, 0.5) is 0 Å². The fourth-order valence-electron chi connectivity index (χ4n) is 4.71. The molecule has 0 saturated carbocycles. The topological polar surface area (TPSA) is 8.81 Å². The van der Waals surface area contributed by atoms with Crippen molar-refractivity contribution in [3.05, 3.63) is 58.9 Å². The van der Waals surface area contributed by atoms with Crippen LogP contribution in [-0.2, 0) is 32.7 Å². The van der Waals surface area contributed by atoms with E-state index in [1.54, 1.807) is 22.3 Å². The maximum Gasteiger partial charge on any atom is 0.249 e. The summed E-state index contributed by atoms with van der Waals surface area (Å²) >= 11 is 0. The molecule has 0 aliphatic heterocycles. The molecule has 0 radical (unpaired) electrons. The van der Waals surface area contributed by atoms with Crippen molar-refractivity contribution in [3.63, 3.8) is 0 Å². The van der Waals surface area contributed by atoms with Crippen LogP contribution in [0.5, 0.6) is 0 Å². The molecule has 1 aromatic heterocycles. The molecule has 0 atom stereocenters. The Hall–Kier alpha value is -2.09. The Kier molecular flexibility index (Phi) is 3.26. The smallest absolute Gasteiger partial charge is 0.232 e. The van der Waals surface area contributed by atoms with Gasteiger partial charge in [0, 0.05) is 5.56 Å². The third kappa shape index (κ3) is 2.12. The molecular formula is C22H25N2+. The summed E-state index contributed by atoms with van der Waals surface area (Å²) in [6.07, 6.45) is 12.6. The number of nitrogens with zero attached hydrogens (tertiary/aromatic N) is 2. The molecule has 0 spiro atoms. The first kappa shape index (κ1) is 14.3. The largest absolute Gasteiger partial charge is 0.249 e. The molecule has 0 fully saturated rings. The van der Waals surface area contributed by atoms with Crippen molar-refractivity contribution < 1.29 is 4.57 Å². The average Bonchev–Trinajstić information content (AvgIpc) is 2.98. The molecule has 3 aromatic rings. The van der Waals surface area contributed by atoms with Crippen LogP contribution in [0, 0.1) is 0 Å². The predicted molar refractivity (Wildman–Crippen MR) is 97.7 cm³/mol. The van der Waals surface area contributed by atoms with Crippen LogP contribution in [0.15, 0.2) is 36.7 Å². The lowest BCUT2D eigenvalue weighted by Crippen LogP contribution is -2.25. The van der Waals surface area contributed by atoms with E-state index in [1.165, 1.54) is 68.1 Å². The fourth-order valence-corrected chi connectivity index (χ4v) is 4.71. The number of fused-ring (bicyclic) bond motifs is 4. The van der Waals surface area contributed by atoms with Crippen LogP contribution < -0.4 is 4.57 Å². The average molecular weight is 317 g/mol. The summed E-state index contributed by atoms with van der Waals surface area (Å²) in [4.78, 5) is 0. The lowest BCUT2D eigenvalue weighted by Gasteiger charge is -2.17. The molecule has 24 heavy (non-hydrogen) atoms. The van der Waals surface area contributed by atoms with E-state index in [1.807, 2.05) is 0 Å². The number of imidazole rings is 1. The quantitative estimate of drug-likeness (QED) is 0.594. The third-order valence-electron chi connectivity index (χ3n) is 6.00. The second-order valence-electron chi connectivity index (χ2n) is 7.53. The Morgan fingerprint density at radius 1 is 0.792 bits per heavy atom. The number of hydrogen-bond acceptors (Lipinski definition) is 0. The van der Waals surface area contributed by atoms with Gasteiger partial charge in [-0.3, -0.25) is 0 Å². The molecule has 0 amide bonds. The molecule has 2 heteroatoms. The summed E-state index contributed by atoms with van der Waals surface area (Å²) in [6, 6.07) is 11.8. The van der Waals surface area contributed by atoms with E-state index in [9.17, 15) is 0 Å². The highest BCUT2D eigenvalue weighted by Crippen LogP contribution is 2.31. The molecule has 1 heterocycles. The minimum Gasteiger partial charge on any atom is -0.232 e. The van der Waals surface area contributed by atoms with Crippen LogP contribution in [0.25, 0.3) is 16.7 Å². The Labute approximate surface area is 143 Å². The Morgan fingerprint density at radius 2 is 1.50 bits per heavy atom. The van der Waals surface area contributed by atoms with Gasteiger partial charge in [-0.25, -0.2) is 4.57 Å². The first-order chi connectivity index (χ1) is 11.8. The van der Waals surface area contributed by atoms with Gasteiger partial charge in [0.25, 0.3) is 0 Å². The number of aryl methyl sites for hydroxylation is 5. The first-order valence-electron chi connectivity index (χ1n) is 9.45. The molecular weight excluding hydrogens is 292 g/mol. The molecule has 2 aromatic carbocycles. The summed E-state index contributed by atoms with van der Waals surface area (Å²) in [5, 5.41) is 0. The zero-order chi connectivity index (χ0) is 16.1. The predicted octanol–water partition coefficient (Wildman–Crippen LogP) is 4.21. The zero-order valence-corrected chi connectivity index (χ0v) is 14.5. The second-order valence-corrected chi connectivity index (χ2v) is 7.53. The molecule has 2 aliphatic carbocycles. The van der Waals surface area contributed by atoms with Crippen molar-refractivity contribution in [2.24, 2.45) is 7.05 Å². The van der Waals surface area contributed by atoms with Crippen molar-refractivity contribution in [1.29, 1.82) is 0 Å². The summed E-state index contributed by atoms with van der Waals surface area (Å²) in [6.45, 7) is 0. The van der Waals surface area contributed by atoms with E-state index in [2.05, 4.69) is 52.8 Å². The number of benzene rings is 2. The van der Waals surface area contributed by atoms with Gasteiger partial charge in [-0.15, -0.1) is 0 Å². The van der Waals surface area contributed by atoms with Crippen molar-refractivity contribution in [2.75, 3.05) is 0 Å². The fraction of sp³-hybridized carbons (Fsp3) is 0.409. The van der Waals surface area contributed by atoms with Gasteiger partial charge < -0.3 is 0 Å². The zero-order valence-electron chi connectivity index (χ0n) is 14.5. The highest BCUT2D eigenvalue weighted by Gasteiger charge is 2.23. The van der Waals surface area contributed by atoms with Gasteiger partial charge in [-0.05, 0) is 86.3 Å². The van der Waals surface area contributed by atoms with Gasteiger partial charge in [0.15, 0.2) is 11.0 Å². The first-order valence-corrected chi connectivity index (χ1v) is 9.45. The summed E-state index contributed by atoms with van der Waals surface area (Å²) in [7, 11) is 2.17. The van der Waals surface area contributed by atoms with Crippen molar-refractivity contribution in [2.45, 2.75) is 51.4 Å². The van der Waals surface area contributed by atoms with Gasteiger partial charge in [-0.1, -0.05) is 12.1 Å². The van der Waals surface area contributed by atoms with Gasteiger partial charge in [0.1, 0.15) is 5.69 Å². The van der Waals surface area contributed by atoms with E-state index in [0.717, 1.165) is 0 Å². The monoisotopic (exact) mass is 317 g/mol. The molecule has 5 rings (SSSR count). The van der Waals surface area contributed by atoms with E-state index in [4.69, 9.17) is 0 Å². The standard InChI is InChI=1S/C22H25N2/c1-23-15-24(19-12-10-16-6-2-3-8-18(16)14-19)22-20-9-5-4-7-17(20)11-13-21(22)23/h10-15H,2-9H2,1H3/q+1. The van der Waals surface area contributed by atoms with Gasteiger partial charge in [0.2, 0.25) is 6.33 Å². The summed E-state index contributed by atoms with van der Waals surface area (Å²) in [5.41, 5.74) is 10.4. The summed E-state index contributed by atoms with van der Waals surface area (Å²) < 4.78 is 4.72.